The van der Waals surface area contributed by atoms with Crippen molar-refractivity contribution in [2.24, 2.45) is 5.92 Å². The van der Waals surface area contributed by atoms with Crippen molar-refractivity contribution in [3.8, 4) is 11.8 Å². The van der Waals surface area contributed by atoms with E-state index in [9.17, 15) is 9.18 Å². The number of methoxy groups -OCH3 is 1. The van der Waals surface area contributed by atoms with E-state index >= 15 is 0 Å². The van der Waals surface area contributed by atoms with Crippen LogP contribution >= 0.6 is 0 Å². The van der Waals surface area contributed by atoms with Gasteiger partial charge >= 0.3 is 5.97 Å². The normalized spacial score (nSPS) is 21.4. The maximum atomic E-state index is 13.3. The van der Waals surface area contributed by atoms with Crippen LogP contribution in [0.1, 0.15) is 41.1 Å². The molecule has 0 spiro atoms. The Hall–Kier alpha value is -2.64. The van der Waals surface area contributed by atoms with Gasteiger partial charge in [-0.2, -0.15) is 0 Å². The fourth-order valence-electron chi connectivity index (χ4n) is 4.19. The van der Waals surface area contributed by atoms with Crippen LogP contribution in [-0.4, -0.2) is 31.1 Å². The molecule has 1 fully saturated rings. The second-order valence-corrected chi connectivity index (χ2v) is 7.23. The lowest BCUT2D eigenvalue weighted by Crippen LogP contribution is -2.27. The Morgan fingerprint density at radius 1 is 1.15 bits per heavy atom. The van der Waals surface area contributed by atoms with E-state index in [4.69, 9.17) is 4.74 Å². The summed E-state index contributed by atoms with van der Waals surface area (Å²) in [6, 6.07) is 13.1. The van der Waals surface area contributed by atoms with Gasteiger partial charge in [0.1, 0.15) is 5.82 Å². The van der Waals surface area contributed by atoms with Crippen molar-refractivity contribution < 1.29 is 13.9 Å². The summed E-state index contributed by atoms with van der Waals surface area (Å²) >= 11 is 0. The van der Waals surface area contributed by atoms with E-state index in [1.165, 1.54) is 30.4 Å². The SMILES string of the molecule is COC(=O)C1CCN(C2CCc3cc(C#Cc4cccc(F)c4)ccc32)C1. The van der Waals surface area contributed by atoms with Gasteiger partial charge < -0.3 is 4.74 Å². The summed E-state index contributed by atoms with van der Waals surface area (Å²) in [5, 5.41) is 0. The molecule has 0 aromatic heterocycles. The first-order valence-electron chi connectivity index (χ1n) is 9.36. The van der Waals surface area contributed by atoms with E-state index < -0.39 is 0 Å². The fraction of sp³-hybridized carbons (Fsp3) is 0.348. The number of fused-ring (bicyclic) bond motifs is 1. The summed E-state index contributed by atoms with van der Waals surface area (Å²) in [7, 11) is 1.46. The van der Waals surface area contributed by atoms with Crippen molar-refractivity contribution in [2.45, 2.75) is 25.3 Å². The van der Waals surface area contributed by atoms with Crippen molar-refractivity contribution in [3.05, 3.63) is 70.5 Å². The van der Waals surface area contributed by atoms with Crippen LogP contribution in [0.2, 0.25) is 0 Å². The third kappa shape index (κ3) is 3.74. The highest BCUT2D eigenvalue weighted by Gasteiger charge is 2.36. The molecule has 138 valence electrons. The molecule has 0 radical (unpaired) electrons. The number of carbonyl (C=O) groups excluding carboxylic acids is 1. The maximum absolute atomic E-state index is 13.3. The van der Waals surface area contributed by atoms with Crippen molar-refractivity contribution in [3.63, 3.8) is 0 Å². The van der Waals surface area contributed by atoms with Crippen LogP contribution in [0.5, 0.6) is 0 Å². The zero-order valence-electron chi connectivity index (χ0n) is 15.4. The molecule has 2 aromatic rings. The standard InChI is InChI=1S/C23H22FNO2/c1-27-23(26)19-11-12-25(15-19)22-10-8-18-13-17(7-9-21(18)22)6-5-16-3-2-4-20(24)14-16/h2-4,7,9,13-14,19,22H,8,10-12,15H2,1H3. The van der Waals surface area contributed by atoms with Gasteiger partial charge in [0.25, 0.3) is 0 Å². The number of benzene rings is 2. The van der Waals surface area contributed by atoms with E-state index in [1.54, 1.807) is 6.07 Å². The molecule has 1 aliphatic carbocycles. The largest absolute Gasteiger partial charge is 0.469 e. The van der Waals surface area contributed by atoms with Crippen LogP contribution in [-0.2, 0) is 16.0 Å². The Morgan fingerprint density at radius 3 is 2.74 bits per heavy atom. The smallest absolute Gasteiger partial charge is 0.310 e. The molecule has 0 amide bonds. The highest BCUT2D eigenvalue weighted by Crippen LogP contribution is 2.38. The van der Waals surface area contributed by atoms with Gasteiger partial charge in [0.2, 0.25) is 0 Å². The topological polar surface area (TPSA) is 29.5 Å². The summed E-state index contributed by atoms with van der Waals surface area (Å²) in [5.41, 5.74) is 4.30. The van der Waals surface area contributed by atoms with E-state index in [0.29, 0.717) is 11.6 Å². The molecule has 3 nitrogen and oxygen atoms in total. The van der Waals surface area contributed by atoms with E-state index in [2.05, 4.69) is 28.9 Å². The third-order valence-electron chi connectivity index (χ3n) is 5.56. The molecule has 0 saturated carbocycles. The second-order valence-electron chi connectivity index (χ2n) is 7.23. The predicted octanol–water partition coefficient (Wildman–Crippen LogP) is 3.71. The summed E-state index contributed by atoms with van der Waals surface area (Å²) in [6.07, 6.45) is 2.97. The van der Waals surface area contributed by atoms with Gasteiger partial charge in [-0.05, 0) is 67.3 Å². The zero-order chi connectivity index (χ0) is 18.8. The molecule has 2 unspecified atom stereocenters. The lowest BCUT2D eigenvalue weighted by atomic mass is 10.0. The van der Waals surface area contributed by atoms with Crippen molar-refractivity contribution in [1.82, 2.24) is 4.90 Å². The molecule has 27 heavy (non-hydrogen) atoms. The maximum Gasteiger partial charge on any atom is 0.310 e. The number of rotatable bonds is 2. The lowest BCUT2D eigenvalue weighted by Gasteiger charge is -2.24. The molecular weight excluding hydrogens is 341 g/mol. The molecule has 2 aliphatic rings. The number of carbonyl (C=O) groups is 1. The van der Waals surface area contributed by atoms with Crippen LogP contribution in [0.25, 0.3) is 0 Å². The van der Waals surface area contributed by atoms with Gasteiger partial charge in [-0.25, -0.2) is 4.39 Å². The minimum atomic E-state index is -0.269. The minimum Gasteiger partial charge on any atom is -0.469 e. The molecular formula is C23H22FNO2. The molecule has 4 heteroatoms. The number of likely N-dealkylation sites (tertiary alicyclic amines) is 1. The first-order valence-corrected chi connectivity index (χ1v) is 9.36. The number of esters is 1. The average Bonchev–Trinajstić information content (AvgIpc) is 3.32. The van der Waals surface area contributed by atoms with Gasteiger partial charge in [-0.1, -0.05) is 24.0 Å². The number of ether oxygens (including phenoxy) is 1. The van der Waals surface area contributed by atoms with Gasteiger partial charge in [-0.3, -0.25) is 9.69 Å². The Bertz CT molecular complexity index is 927. The Kier molecular flexibility index (Phi) is 4.96. The van der Waals surface area contributed by atoms with E-state index in [0.717, 1.165) is 37.9 Å². The van der Waals surface area contributed by atoms with Crippen molar-refractivity contribution in [1.29, 1.82) is 0 Å². The first kappa shape index (κ1) is 17.8. The predicted molar refractivity (Wildman–Crippen MR) is 102 cm³/mol. The van der Waals surface area contributed by atoms with Crippen LogP contribution < -0.4 is 0 Å². The van der Waals surface area contributed by atoms with Crippen LogP contribution in [0.4, 0.5) is 4.39 Å². The lowest BCUT2D eigenvalue weighted by molar-refractivity contribution is -0.145. The van der Waals surface area contributed by atoms with Gasteiger partial charge in [0.15, 0.2) is 0 Å². The summed E-state index contributed by atoms with van der Waals surface area (Å²) in [5.74, 6) is 5.80. The second kappa shape index (κ2) is 7.54. The molecule has 1 saturated heterocycles. The Morgan fingerprint density at radius 2 is 1.96 bits per heavy atom. The van der Waals surface area contributed by atoms with Gasteiger partial charge in [0, 0.05) is 23.7 Å². The van der Waals surface area contributed by atoms with Crippen molar-refractivity contribution >= 4 is 5.97 Å². The summed E-state index contributed by atoms with van der Waals surface area (Å²) in [4.78, 5) is 14.2. The Labute approximate surface area is 159 Å². The fourth-order valence-corrected chi connectivity index (χ4v) is 4.19. The molecule has 1 aliphatic heterocycles. The van der Waals surface area contributed by atoms with Crippen LogP contribution in [0.3, 0.4) is 0 Å². The third-order valence-corrected chi connectivity index (χ3v) is 5.56. The monoisotopic (exact) mass is 363 g/mol. The molecule has 2 atom stereocenters. The highest BCUT2D eigenvalue weighted by atomic mass is 19.1. The van der Waals surface area contributed by atoms with Crippen molar-refractivity contribution in [2.75, 3.05) is 20.2 Å². The first-order chi connectivity index (χ1) is 13.1. The number of aryl methyl sites for hydroxylation is 1. The molecule has 2 aromatic carbocycles. The summed E-state index contributed by atoms with van der Waals surface area (Å²) in [6.45, 7) is 1.71. The highest BCUT2D eigenvalue weighted by molar-refractivity contribution is 5.72. The van der Waals surface area contributed by atoms with Gasteiger partial charge in [0.05, 0.1) is 13.0 Å². The molecule has 4 rings (SSSR count). The quantitative estimate of drug-likeness (QED) is 0.602. The zero-order valence-corrected chi connectivity index (χ0v) is 15.4. The molecule has 1 heterocycles. The van der Waals surface area contributed by atoms with E-state index in [-0.39, 0.29) is 17.7 Å². The molecule has 0 N–H and O–H groups in total. The average molecular weight is 363 g/mol. The van der Waals surface area contributed by atoms with Crippen LogP contribution in [0.15, 0.2) is 42.5 Å². The number of hydrogen-bond acceptors (Lipinski definition) is 3. The number of halogens is 1. The van der Waals surface area contributed by atoms with Gasteiger partial charge in [-0.15, -0.1) is 0 Å². The van der Waals surface area contributed by atoms with E-state index in [1.807, 2.05) is 12.1 Å². The minimum absolute atomic E-state index is 0.00421. The Balaban J connectivity index is 1.49. The molecule has 0 bridgehead atoms. The number of nitrogens with zero attached hydrogens (tertiary/aromatic N) is 1. The number of hydrogen-bond donors (Lipinski definition) is 0. The van der Waals surface area contributed by atoms with Crippen LogP contribution in [0, 0.1) is 23.6 Å². The summed E-state index contributed by atoms with van der Waals surface area (Å²) < 4.78 is 18.2.